The highest BCUT2D eigenvalue weighted by Crippen LogP contribution is 2.43. The number of amides is 1. The van der Waals surface area contributed by atoms with Crippen LogP contribution in [0.25, 0.3) is 0 Å². The van der Waals surface area contributed by atoms with Crippen molar-refractivity contribution in [2.45, 2.75) is 26.3 Å². The molecular weight excluding hydrogens is 337 g/mol. The molecule has 0 bridgehead atoms. The molecule has 23 heavy (non-hydrogen) atoms. The zero-order valence-electron chi connectivity index (χ0n) is 12.8. The number of aromatic nitrogens is 2. The van der Waals surface area contributed by atoms with Crippen molar-refractivity contribution < 1.29 is 9.53 Å². The standard InChI is InChI=1S/C16H17Cl2N3O2/c1-3-21-8-19-6-13(21)20-16(22)14-9(2)7-23-15-11(14)4-10(17)5-12(15)18/h4-6,8-9,14H,3,7H2,1-2H3,(H,20,22). The molecule has 1 N–H and O–H groups in total. The van der Waals surface area contributed by atoms with Crippen LogP contribution < -0.4 is 10.1 Å². The van der Waals surface area contributed by atoms with Crippen molar-refractivity contribution in [1.29, 1.82) is 0 Å². The predicted octanol–water partition coefficient (Wildman–Crippen LogP) is 3.96. The van der Waals surface area contributed by atoms with Crippen LogP contribution in [0.2, 0.25) is 10.0 Å². The summed E-state index contributed by atoms with van der Waals surface area (Å²) in [5.74, 6) is 0.727. The van der Waals surface area contributed by atoms with Gasteiger partial charge in [-0.05, 0) is 19.1 Å². The van der Waals surface area contributed by atoms with E-state index in [2.05, 4.69) is 10.3 Å². The summed E-state index contributed by atoms with van der Waals surface area (Å²) in [5, 5.41) is 3.86. The van der Waals surface area contributed by atoms with Crippen LogP contribution >= 0.6 is 23.2 Å². The number of carbonyl (C=O) groups is 1. The molecule has 2 aromatic rings. The largest absolute Gasteiger partial charge is 0.491 e. The normalized spacial score (nSPS) is 19.8. The maximum Gasteiger partial charge on any atom is 0.233 e. The number of hydrogen-bond donors (Lipinski definition) is 1. The van der Waals surface area contributed by atoms with Crippen LogP contribution in [0.1, 0.15) is 25.3 Å². The topological polar surface area (TPSA) is 56.2 Å². The molecular formula is C16H17Cl2N3O2. The van der Waals surface area contributed by atoms with Gasteiger partial charge >= 0.3 is 0 Å². The molecule has 0 radical (unpaired) electrons. The molecule has 2 atom stereocenters. The molecule has 0 saturated carbocycles. The number of fused-ring (bicyclic) bond motifs is 1. The zero-order valence-corrected chi connectivity index (χ0v) is 14.4. The Hall–Kier alpha value is -1.72. The lowest BCUT2D eigenvalue weighted by atomic mass is 9.84. The van der Waals surface area contributed by atoms with Gasteiger partial charge in [0.2, 0.25) is 5.91 Å². The van der Waals surface area contributed by atoms with Crippen molar-refractivity contribution in [3.05, 3.63) is 40.3 Å². The maximum absolute atomic E-state index is 12.8. The van der Waals surface area contributed by atoms with E-state index in [0.717, 1.165) is 12.1 Å². The summed E-state index contributed by atoms with van der Waals surface area (Å²) >= 11 is 12.3. The highest BCUT2D eigenvalue weighted by atomic mass is 35.5. The smallest absolute Gasteiger partial charge is 0.233 e. The van der Waals surface area contributed by atoms with Crippen LogP contribution in [0.4, 0.5) is 5.82 Å². The van der Waals surface area contributed by atoms with E-state index in [-0.39, 0.29) is 17.7 Å². The number of rotatable bonds is 3. The number of nitrogens with zero attached hydrogens (tertiary/aromatic N) is 2. The van der Waals surface area contributed by atoms with Gasteiger partial charge in [-0.3, -0.25) is 4.79 Å². The van der Waals surface area contributed by atoms with Gasteiger partial charge in [0, 0.05) is 23.0 Å². The molecule has 0 saturated heterocycles. The van der Waals surface area contributed by atoms with E-state index < -0.39 is 0 Å². The van der Waals surface area contributed by atoms with Crippen molar-refractivity contribution in [2.24, 2.45) is 5.92 Å². The Morgan fingerprint density at radius 2 is 2.26 bits per heavy atom. The summed E-state index contributed by atoms with van der Waals surface area (Å²) in [4.78, 5) is 16.9. The Balaban J connectivity index is 1.95. The molecule has 0 fully saturated rings. The number of carbonyl (C=O) groups excluding carboxylic acids is 1. The monoisotopic (exact) mass is 353 g/mol. The van der Waals surface area contributed by atoms with Gasteiger partial charge in [-0.2, -0.15) is 0 Å². The van der Waals surface area contributed by atoms with Gasteiger partial charge in [0.25, 0.3) is 0 Å². The van der Waals surface area contributed by atoms with Crippen molar-refractivity contribution in [3.8, 4) is 5.75 Å². The summed E-state index contributed by atoms with van der Waals surface area (Å²) in [6, 6.07) is 3.37. The number of hydrogen-bond acceptors (Lipinski definition) is 3. The summed E-state index contributed by atoms with van der Waals surface area (Å²) in [5.41, 5.74) is 0.723. The molecule has 1 aliphatic rings. The highest BCUT2D eigenvalue weighted by Gasteiger charge is 2.35. The van der Waals surface area contributed by atoms with Crippen LogP contribution in [-0.4, -0.2) is 22.1 Å². The first-order valence-electron chi connectivity index (χ1n) is 7.44. The lowest BCUT2D eigenvalue weighted by Gasteiger charge is -2.31. The molecule has 0 aliphatic carbocycles. The average molecular weight is 354 g/mol. The van der Waals surface area contributed by atoms with Gasteiger partial charge in [0.05, 0.1) is 30.1 Å². The molecule has 1 aromatic carbocycles. The minimum Gasteiger partial charge on any atom is -0.491 e. The number of ether oxygens (including phenoxy) is 1. The van der Waals surface area contributed by atoms with Crippen LogP contribution in [-0.2, 0) is 11.3 Å². The molecule has 2 unspecified atom stereocenters. The van der Waals surface area contributed by atoms with Gasteiger partial charge in [-0.15, -0.1) is 0 Å². The van der Waals surface area contributed by atoms with Gasteiger partial charge in [0.1, 0.15) is 11.6 Å². The van der Waals surface area contributed by atoms with Crippen LogP contribution in [0, 0.1) is 5.92 Å². The summed E-state index contributed by atoms with van der Waals surface area (Å²) in [6.45, 7) is 5.12. The molecule has 3 rings (SSSR count). The fraction of sp³-hybridized carbons (Fsp3) is 0.375. The fourth-order valence-electron chi connectivity index (χ4n) is 2.86. The number of anilines is 1. The molecule has 1 aliphatic heterocycles. The van der Waals surface area contributed by atoms with E-state index in [9.17, 15) is 4.79 Å². The van der Waals surface area contributed by atoms with E-state index in [1.54, 1.807) is 24.7 Å². The molecule has 1 amide bonds. The first-order chi connectivity index (χ1) is 11.0. The minimum absolute atomic E-state index is 0.00929. The number of nitrogens with one attached hydrogen (secondary N) is 1. The summed E-state index contributed by atoms with van der Waals surface area (Å²) in [7, 11) is 0. The van der Waals surface area contributed by atoms with Crippen molar-refractivity contribution in [3.63, 3.8) is 0 Å². The fourth-order valence-corrected chi connectivity index (χ4v) is 3.43. The quantitative estimate of drug-likeness (QED) is 0.908. The number of benzene rings is 1. The van der Waals surface area contributed by atoms with Crippen molar-refractivity contribution in [1.82, 2.24) is 9.55 Å². The van der Waals surface area contributed by atoms with E-state index in [1.165, 1.54) is 0 Å². The first-order valence-corrected chi connectivity index (χ1v) is 8.19. The third-order valence-electron chi connectivity index (χ3n) is 4.02. The first kappa shape index (κ1) is 16.1. The Morgan fingerprint density at radius 3 is 3.00 bits per heavy atom. The summed E-state index contributed by atoms with van der Waals surface area (Å²) < 4.78 is 7.56. The molecule has 0 spiro atoms. The van der Waals surface area contributed by atoms with Gasteiger partial charge in [-0.1, -0.05) is 30.1 Å². The predicted molar refractivity (Wildman–Crippen MR) is 90.4 cm³/mol. The van der Waals surface area contributed by atoms with Crippen LogP contribution in [0.5, 0.6) is 5.75 Å². The lowest BCUT2D eigenvalue weighted by Crippen LogP contribution is -2.33. The Morgan fingerprint density at radius 1 is 1.48 bits per heavy atom. The summed E-state index contributed by atoms with van der Waals surface area (Å²) in [6.07, 6.45) is 3.32. The SMILES string of the molecule is CCn1cncc1NC(=O)C1c2cc(Cl)cc(Cl)c2OCC1C. The third kappa shape index (κ3) is 3.03. The molecule has 5 nitrogen and oxygen atoms in total. The maximum atomic E-state index is 12.8. The van der Waals surface area contributed by atoms with E-state index in [4.69, 9.17) is 27.9 Å². The van der Waals surface area contributed by atoms with Crippen LogP contribution in [0.3, 0.4) is 0 Å². The third-order valence-corrected chi connectivity index (χ3v) is 4.52. The van der Waals surface area contributed by atoms with Gasteiger partial charge in [-0.25, -0.2) is 4.98 Å². The van der Waals surface area contributed by atoms with Crippen molar-refractivity contribution in [2.75, 3.05) is 11.9 Å². The van der Waals surface area contributed by atoms with Gasteiger partial charge in [0.15, 0.2) is 0 Å². The minimum atomic E-state index is -0.379. The molecule has 7 heteroatoms. The molecule has 1 aromatic heterocycles. The second-order valence-electron chi connectivity index (χ2n) is 5.63. The zero-order chi connectivity index (χ0) is 16.6. The van der Waals surface area contributed by atoms with Gasteiger partial charge < -0.3 is 14.6 Å². The molecule has 122 valence electrons. The Labute approximate surface area is 144 Å². The van der Waals surface area contributed by atoms with E-state index in [1.807, 2.05) is 18.4 Å². The number of halogens is 2. The van der Waals surface area contributed by atoms with Crippen molar-refractivity contribution >= 4 is 34.9 Å². The average Bonchev–Trinajstić information content (AvgIpc) is 2.93. The second kappa shape index (κ2) is 6.42. The van der Waals surface area contributed by atoms with Crippen LogP contribution in [0.15, 0.2) is 24.7 Å². The Kier molecular flexibility index (Phi) is 4.50. The number of aryl methyl sites for hydroxylation is 1. The lowest BCUT2D eigenvalue weighted by molar-refractivity contribution is -0.119. The van der Waals surface area contributed by atoms with E-state index in [0.29, 0.717) is 28.2 Å². The number of imidazole rings is 1. The second-order valence-corrected chi connectivity index (χ2v) is 6.47. The molecule has 2 heterocycles. The van der Waals surface area contributed by atoms with E-state index >= 15 is 0 Å². The Bertz CT molecular complexity index is 745. The highest BCUT2D eigenvalue weighted by molar-refractivity contribution is 6.35.